The van der Waals surface area contributed by atoms with Crippen LogP contribution in [0.4, 0.5) is 8.78 Å². The Bertz CT molecular complexity index is 395. The monoisotopic (exact) mass is 254 g/mol. The summed E-state index contributed by atoms with van der Waals surface area (Å²) >= 11 is 0. The van der Waals surface area contributed by atoms with Gasteiger partial charge in [0.25, 0.3) is 0 Å². The summed E-state index contributed by atoms with van der Waals surface area (Å²) in [6, 6.07) is 4.12. The van der Waals surface area contributed by atoms with E-state index in [9.17, 15) is 8.78 Å². The molecule has 1 aliphatic heterocycles. The van der Waals surface area contributed by atoms with Crippen LogP contribution in [0.5, 0.6) is 0 Å². The van der Waals surface area contributed by atoms with E-state index in [2.05, 4.69) is 17.1 Å². The van der Waals surface area contributed by atoms with Crippen molar-refractivity contribution in [1.82, 2.24) is 10.2 Å². The maximum absolute atomic E-state index is 13.6. The van der Waals surface area contributed by atoms with Crippen LogP contribution < -0.4 is 5.32 Å². The quantitative estimate of drug-likeness (QED) is 0.891. The lowest BCUT2D eigenvalue weighted by Gasteiger charge is -2.23. The highest BCUT2D eigenvalue weighted by atomic mass is 19.1. The number of halogens is 2. The normalized spacial score (nSPS) is 21.8. The molecule has 0 amide bonds. The zero-order chi connectivity index (χ0) is 13.0. The predicted molar refractivity (Wildman–Crippen MR) is 68.3 cm³/mol. The first kappa shape index (κ1) is 13.4. The maximum Gasteiger partial charge on any atom is 0.127 e. The molecule has 4 heteroatoms. The van der Waals surface area contributed by atoms with E-state index in [0.717, 1.165) is 38.5 Å². The molecule has 1 heterocycles. The van der Waals surface area contributed by atoms with Crippen molar-refractivity contribution in [3.63, 3.8) is 0 Å². The fourth-order valence-corrected chi connectivity index (χ4v) is 2.40. The number of hydrogen-bond donors (Lipinski definition) is 1. The zero-order valence-electron chi connectivity index (χ0n) is 10.8. The van der Waals surface area contributed by atoms with E-state index < -0.39 is 0 Å². The molecule has 1 unspecified atom stereocenters. The van der Waals surface area contributed by atoms with E-state index in [1.54, 1.807) is 0 Å². The maximum atomic E-state index is 13.6. The van der Waals surface area contributed by atoms with Crippen molar-refractivity contribution < 1.29 is 8.78 Å². The van der Waals surface area contributed by atoms with Gasteiger partial charge in [-0.25, -0.2) is 8.78 Å². The summed E-state index contributed by atoms with van der Waals surface area (Å²) in [5.41, 5.74) is 0.451. The minimum absolute atomic E-state index is 0.318. The van der Waals surface area contributed by atoms with Gasteiger partial charge >= 0.3 is 0 Å². The van der Waals surface area contributed by atoms with E-state index in [1.807, 2.05) is 0 Å². The molecule has 0 saturated carbocycles. The predicted octanol–water partition coefficient (Wildman–Crippen LogP) is 2.54. The van der Waals surface area contributed by atoms with Crippen LogP contribution in [0.1, 0.15) is 25.3 Å². The van der Waals surface area contributed by atoms with Crippen molar-refractivity contribution in [3.8, 4) is 0 Å². The topological polar surface area (TPSA) is 15.3 Å². The summed E-state index contributed by atoms with van der Waals surface area (Å²) in [6.07, 6.45) is 2.11. The van der Waals surface area contributed by atoms with Gasteiger partial charge in [0, 0.05) is 24.7 Å². The van der Waals surface area contributed by atoms with Crippen LogP contribution in [0, 0.1) is 11.6 Å². The third-order valence-corrected chi connectivity index (χ3v) is 3.46. The molecule has 0 spiro atoms. The first-order valence-electron chi connectivity index (χ1n) is 6.58. The van der Waals surface area contributed by atoms with Crippen LogP contribution in [0.25, 0.3) is 0 Å². The Kier molecular flexibility index (Phi) is 4.66. The van der Waals surface area contributed by atoms with Gasteiger partial charge in [-0.2, -0.15) is 0 Å². The Morgan fingerprint density at radius 2 is 2.22 bits per heavy atom. The lowest BCUT2D eigenvalue weighted by Crippen LogP contribution is -2.36. The molecular weight excluding hydrogens is 234 g/mol. The fraction of sp³-hybridized carbons (Fsp3) is 0.571. The number of nitrogens with zero attached hydrogens (tertiary/aromatic N) is 1. The Morgan fingerprint density at radius 3 is 3.00 bits per heavy atom. The lowest BCUT2D eigenvalue weighted by molar-refractivity contribution is 0.253. The van der Waals surface area contributed by atoms with Crippen LogP contribution in [0.3, 0.4) is 0 Å². The molecule has 2 nitrogen and oxygen atoms in total. The molecule has 0 aliphatic carbocycles. The van der Waals surface area contributed by atoms with Crippen LogP contribution >= 0.6 is 0 Å². The summed E-state index contributed by atoms with van der Waals surface area (Å²) in [7, 11) is 0. The summed E-state index contributed by atoms with van der Waals surface area (Å²) in [5, 5.41) is 3.46. The second kappa shape index (κ2) is 6.25. The molecule has 18 heavy (non-hydrogen) atoms. The Morgan fingerprint density at radius 1 is 1.39 bits per heavy atom. The van der Waals surface area contributed by atoms with Gasteiger partial charge in [0.05, 0.1) is 0 Å². The highest BCUT2D eigenvalue weighted by Gasteiger charge is 2.17. The van der Waals surface area contributed by atoms with Gasteiger partial charge in [-0.3, -0.25) is 4.90 Å². The zero-order valence-corrected chi connectivity index (χ0v) is 10.8. The number of rotatable bonds is 3. The third-order valence-electron chi connectivity index (χ3n) is 3.46. The van der Waals surface area contributed by atoms with Gasteiger partial charge in [0.2, 0.25) is 0 Å². The molecule has 1 N–H and O–H groups in total. The molecule has 0 radical (unpaired) electrons. The molecule has 1 fully saturated rings. The fourth-order valence-electron chi connectivity index (χ4n) is 2.40. The van der Waals surface area contributed by atoms with Crippen LogP contribution in [-0.2, 0) is 6.54 Å². The minimum atomic E-state index is -0.369. The van der Waals surface area contributed by atoms with Gasteiger partial charge in [0.1, 0.15) is 11.6 Å². The summed E-state index contributed by atoms with van der Waals surface area (Å²) in [4.78, 5) is 2.20. The molecule has 2 rings (SSSR count). The first-order valence-corrected chi connectivity index (χ1v) is 6.58. The molecule has 1 atom stereocenters. The Hall–Kier alpha value is -1.00. The van der Waals surface area contributed by atoms with Crippen LogP contribution in [-0.4, -0.2) is 30.6 Å². The number of hydrogen-bond acceptors (Lipinski definition) is 2. The standard InChI is InChI=1S/C14H20F2N2/c1-2-13-10-18(7-3-6-17-13)9-11-8-12(15)4-5-14(11)16/h4-5,8,13,17H,2-3,6-7,9-10H2,1H3. The largest absolute Gasteiger partial charge is 0.313 e. The molecule has 0 aromatic heterocycles. The highest BCUT2D eigenvalue weighted by molar-refractivity contribution is 5.18. The average molecular weight is 254 g/mol. The summed E-state index contributed by atoms with van der Waals surface area (Å²) in [6.45, 7) is 5.46. The van der Waals surface area contributed by atoms with Gasteiger partial charge in [-0.05, 0) is 44.1 Å². The van der Waals surface area contributed by atoms with E-state index in [-0.39, 0.29) is 11.6 Å². The second-order valence-corrected chi connectivity index (χ2v) is 4.88. The van der Waals surface area contributed by atoms with E-state index in [0.29, 0.717) is 18.2 Å². The van der Waals surface area contributed by atoms with Gasteiger partial charge in [-0.15, -0.1) is 0 Å². The Balaban J connectivity index is 2.04. The van der Waals surface area contributed by atoms with Crippen LogP contribution in [0.2, 0.25) is 0 Å². The van der Waals surface area contributed by atoms with E-state index in [4.69, 9.17) is 0 Å². The summed E-state index contributed by atoms with van der Waals surface area (Å²) in [5.74, 6) is -0.687. The van der Waals surface area contributed by atoms with Crippen LogP contribution in [0.15, 0.2) is 18.2 Å². The summed E-state index contributed by atoms with van der Waals surface area (Å²) < 4.78 is 26.7. The molecular formula is C14H20F2N2. The molecule has 1 aliphatic rings. The molecule has 0 bridgehead atoms. The molecule has 1 aromatic rings. The van der Waals surface area contributed by atoms with Crippen molar-refractivity contribution >= 4 is 0 Å². The van der Waals surface area contributed by atoms with Gasteiger partial charge in [-0.1, -0.05) is 6.92 Å². The van der Waals surface area contributed by atoms with Crippen molar-refractivity contribution in [2.75, 3.05) is 19.6 Å². The SMILES string of the molecule is CCC1CN(Cc2cc(F)ccc2F)CCCN1. The third kappa shape index (κ3) is 3.50. The second-order valence-electron chi connectivity index (χ2n) is 4.88. The Labute approximate surface area is 107 Å². The van der Waals surface area contributed by atoms with E-state index >= 15 is 0 Å². The van der Waals surface area contributed by atoms with Crippen molar-refractivity contribution in [1.29, 1.82) is 0 Å². The molecule has 100 valence electrons. The minimum Gasteiger partial charge on any atom is -0.313 e. The highest BCUT2D eigenvalue weighted by Crippen LogP contribution is 2.14. The van der Waals surface area contributed by atoms with Crippen molar-refractivity contribution in [3.05, 3.63) is 35.4 Å². The van der Waals surface area contributed by atoms with Gasteiger partial charge in [0.15, 0.2) is 0 Å². The smallest absolute Gasteiger partial charge is 0.127 e. The number of nitrogens with one attached hydrogen (secondary N) is 1. The number of benzene rings is 1. The van der Waals surface area contributed by atoms with E-state index in [1.165, 1.54) is 12.1 Å². The molecule has 1 saturated heterocycles. The van der Waals surface area contributed by atoms with Crippen molar-refractivity contribution in [2.45, 2.75) is 32.4 Å². The van der Waals surface area contributed by atoms with Crippen molar-refractivity contribution in [2.24, 2.45) is 0 Å². The van der Waals surface area contributed by atoms with Gasteiger partial charge < -0.3 is 5.32 Å². The average Bonchev–Trinajstić information content (AvgIpc) is 2.59. The molecule has 1 aromatic carbocycles. The first-order chi connectivity index (χ1) is 8.69. The lowest BCUT2D eigenvalue weighted by atomic mass is 10.1.